The van der Waals surface area contributed by atoms with Crippen molar-refractivity contribution in [3.05, 3.63) is 34.9 Å². The Labute approximate surface area is 145 Å². The number of amides is 1. The molecule has 0 fully saturated rings. The van der Waals surface area contributed by atoms with E-state index in [0.717, 1.165) is 31.5 Å². The van der Waals surface area contributed by atoms with E-state index >= 15 is 0 Å². The molecule has 1 N–H and O–H groups in total. The molecular weight excluding hydrogens is 312 g/mol. The molecule has 0 unspecified atom stereocenters. The van der Waals surface area contributed by atoms with E-state index in [9.17, 15) is 4.79 Å². The monoisotopic (exact) mass is 340 g/mol. The van der Waals surface area contributed by atoms with E-state index in [0.29, 0.717) is 5.02 Å². The van der Waals surface area contributed by atoms with Crippen LogP contribution in [0.25, 0.3) is 0 Å². The molecule has 0 aliphatic heterocycles. The minimum absolute atomic E-state index is 0.0115. The van der Waals surface area contributed by atoms with Crippen LogP contribution in [0.1, 0.15) is 39.7 Å². The van der Waals surface area contributed by atoms with E-state index in [2.05, 4.69) is 24.2 Å². The van der Waals surface area contributed by atoms with Crippen LogP contribution in [0.2, 0.25) is 5.02 Å². The van der Waals surface area contributed by atoms with Gasteiger partial charge >= 0.3 is 6.09 Å². The van der Waals surface area contributed by atoms with Crippen LogP contribution in [0.4, 0.5) is 4.79 Å². The van der Waals surface area contributed by atoms with Crippen molar-refractivity contribution in [2.24, 2.45) is 0 Å². The fourth-order valence-electron chi connectivity index (χ4n) is 2.39. The molecule has 0 bridgehead atoms. The third-order valence-corrected chi connectivity index (χ3v) is 3.51. The molecular formula is C18H29ClN2O2. The fraction of sp³-hybridized carbons (Fsp3) is 0.611. The van der Waals surface area contributed by atoms with Crippen LogP contribution in [0, 0.1) is 0 Å². The molecule has 1 atom stereocenters. The van der Waals surface area contributed by atoms with Crippen molar-refractivity contribution >= 4 is 17.7 Å². The molecule has 0 radical (unpaired) electrons. The molecule has 0 saturated carbocycles. The summed E-state index contributed by atoms with van der Waals surface area (Å²) in [7, 11) is 2.06. The van der Waals surface area contributed by atoms with Crippen molar-refractivity contribution in [2.75, 3.05) is 20.1 Å². The Balaban J connectivity index is 2.71. The van der Waals surface area contributed by atoms with E-state index in [1.165, 1.54) is 0 Å². The minimum Gasteiger partial charge on any atom is -0.444 e. The quantitative estimate of drug-likeness (QED) is 0.811. The first-order valence-electron chi connectivity index (χ1n) is 8.12. The van der Waals surface area contributed by atoms with Gasteiger partial charge < -0.3 is 15.0 Å². The number of nitrogens with zero attached hydrogens (tertiary/aromatic N) is 1. The maximum absolute atomic E-state index is 12.1. The molecule has 0 heterocycles. The summed E-state index contributed by atoms with van der Waals surface area (Å²) in [6.45, 7) is 9.51. The predicted molar refractivity (Wildman–Crippen MR) is 96.1 cm³/mol. The molecule has 4 nitrogen and oxygen atoms in total. The number of halogens is 1. The van der Waals surface area contributed by atoms with Crippen LogP contribution in [0.3, 0.4) is 0 Å². The highest BCUT2D eigenvalue weighted by Crippen LogP contribution is 2.12. The SMILES string of the molecule is CCCN(C)C[C@H](Cc1ccc(Cl)cc1)NC(=O)OC(C)(C)C. The van der Waals surface area contributed by atoms with Gasteiger partial charge in [-0.25, -0.2) is 4.79 Å². The lowest BCUT2D eigenvalue weighted by Crippen LogP contribution is -2.46. The molecule has 5 heteroatoms. The van der Waals surface area contributed by atoms with Crippen molar-refractivity contribution < 1.29 is 9.53 Å². The Kier molecular flexibility index (Phi) is 7.86. The summed E-state index contributed by atoms with van der Waals surface area (Å²) in [6, 6.07) is 7.72. The summed E-state index contributed by atoms with van der Waals surface area (Å²) < 4.78 is 5.38. The fourth-order valence-corrected chi connectivity index (χ4v) is 2.52. The molecule has 0 spiro atoms. The van der Waals surface area contributed by atoms with E-state index in [1.807, 2.05) is 45.0 Å². The maximum Gasteiger partial charge on any atom is 0.407 e. The van der Waals surface area contributed by atoms with E-state index in [1.54, 1.807) is 0 Å². The third-order valence-electron chi connectivity index (χ3n) is 3.25. The van der Waals surface area contributed by atoms with Crippen molar-refractivity contribution in [1.29, 1.82) is 0 Å². The lowest BCUT2D eigenvalue weighted by Gasteiger charge is -2.27. The van der Waals surface area contributed by atoms with Crippen LogP contribution in [0.5, 0.6) is 0 Å². The second-order valence-electron chi connectivity index (χ2n) is 6.94. The van der Waals surface area contributed by atoms with Gasteiger partial charge in [0.2, 0.25) is 0 Å². The molecule has 130 valence electrons. The smallest absolute Gasteiger partial charge is 0.407 e. The lowest BCUT2D eigenvalue weighted by atomic mass is 10.1. The van der Waals surface area contributed by atoms with Crippen LogP contribution in [0.15, 0.2) is 24.3 Å². The molecule has 1 amide bonds. The molecule has 0 saturated heterocycles. The number of carbonyl (C=O) groups excluding carboxylic acids is 1. The normalized spacial score (nSPS) is 13.0. The van der Waals surface area contributed by atoms with Gasteiger partial charge in [-0.3, -0.25) is 0 Å². The molecule has 0 aliphatic rings. The zero-order valence-corrected chi connectivity index (χ0v) is 15.6. The number of hydrogen-bond acceptors (Lipinski definition) is 3. The molecule has 1 rings (SSSR count). The first-order chi connectivity index (χ1) is 10.7. The molecule has 23 heavy (non-hydrogen) atoms. The zero-order chi connectivity index (χ0) is 17.5. The van der Waals surface area contributed by atoms with Crippen LogP contribution in [-0.2, 0) is 11.2 Å². The second kappa shape index (κ2) is 9.14. The number of benzene rings is 1. The van der Waals surface area contributed by atoms with Gasteiger partial charge in [0, 0.05) is 17.6 Å². The zero-order valence-electron chi connectivity index (χ0n) is 14.9. The molecule has 0 aliphatic carbocycles. The number of carbonyl (C=O) groups is 1. The van der Waals surface area contributed by atoms with Crippen molar-refractivity contribution in [3.63, 3.8) is 0 Å². The topological polar surface area (TPSA) is 41.6 Å². The van der Waals surface area contributed by atoms with Gasteiger partial charge in [0.05, 0.1) is 0 Å². The molecule has 1 aromatic rings. The Hall–Kier alpha value is -1.26. The van der Waals surface area contributed by atoms with Gasteiger partial charge in [0.1, 0.15) is 5.60 Å². The van der Waals surface area contributed by atoms with Gasteiger partial charge in [-0.15, -0.1) is 0 Å². The minimum atomic E-state index is -0.496. The van der Waals surface area contributed by atoms with Crippen LogP contribution in [-0.4, -0.2) is 42.8 Å². The van der Waals surface area contributed by atoms with Crippen molar-refractivity contribution in [3.8, 4) is 0 Å². The number of alkyl carbamates (subject to hydrolysis) is 1. The highest BCUT2D eigenvalue weighted by molar-refractivity contribution is 6.30. The summed E-state index contributed by atoms with van der Waals surface area (Å²) in [4.78, 5) is 14.3. The van der Waals surface area contributed by atoms with E-state index in [-0.39, 0.29) is 12.1 Å². The van der Waals surface area contributed by atoms with Gasteiger partial charge in [0.25, 0.3) is 0 Å². The summed E-state index contributed by atoms with van der Waals surface area (Å²) >= 11 is 5.93. The van der Waals surface area contributed by atoms with Gasteiger partial charge in [-0.2, -0.15) is 0 Å². The lowest BCUT2D eigenvalue weighted by molar-refractivity contribution is 0.0494. The molecule has 0 aromatic heterocycles. The first kappa shape index (κ1) is 19.8. The summed E-state index contributed by atoms with van der Waals surface area (Å²) in [5.74, 6) is 0. The Bertz CT molecular complexity index is 483. The Morgan fingerprint density at radius 2 is 1.91 bits per heavy atom. The van der Waals surface area contributed by atoms with Gasteiger partial charge in [0.15, 0.2) is 0 Å². The average molecular weight is 341 g/mol. The number of hydrogen-bond donors (Lipinski definition) is 1. The third kappa shape index (κ3) is 8.82. The van der Waals surface area contributed by atoms with E-state index < -0.39 is 5.60 Å². The van der Waals surface area contributed by atoms with Crippen LogP contribution < -0.4 is 5.32 Å². The van der Waals surface area contributed by atoms with Crippen LogP contribution >= 0.6 is 11.6 Å². The van der Waals surface area contributed by atoms with Crippen molar-refractivity contribution in [2.45, 2.75) is 52.2 Å². The highest BCUT2D eigenvalue weighted by atomic mass is 35.5. The molecule has 1 aromatic carbocycles. The maximum atomic E-state index is 12.1. The largest absolute Gasteiger partial charge is 0.444 e. The Morgan fingerprint density at radius 3 is 2.43 bits per heavy atom. The second-order valence-corrected chi connectivity index (χ2v) is 7.37. The average Bonchev–Trinajstić information content (AvgIpc) is 2.39. The summed E-state index contributed by atoms with van der Waals surface area (Å²) in [5.41, 5.74) is 0.643. The van der Waals surface area contributed by atoms with Gasteiger partial charge in [-0.1, -0.05) is 30.7 Å². The van der Waals surface area contributed by atoms with Crippen molar-refractivity contribution in [1.82, 2.24) is 10.2 Å². The highest BCUT2D eigenvalue weighted by Gasteiger charge is 2.20. The van der Waals surface area contributed by atoms with Gasteiger partial charge in [-0.05, 0) is 64.9 Å². The summed E-state index contributed by atoms with van der Waals surface area (Å²) in [6.07, 6.45) is 1.45. The number of rotatable bonds is 7. The Morgan fingerprint density at radius 1 is 1.30 bits per heavy atom. The van der Waals surface area contributed by atoms with E-state index in [4.69, 9.17) is 16.3 Å². The number of likely N-dealkylation sites (N-methyl/N-ethyl adjacent to an activating group) is 1. The standard InChI is InChI=1S/C18H29ClN2O2/c1-6-11-21(5)13-16(20-17(22)23-18(2,3)4)12-14-7-9-15(19)10-8-14/h7-10,16H,6,11-13H2,1-5H3,(H,20,22)/t16-/m0/s1. The predicted octanol–water partition coefficient (Wildman–Crippen LogP) is 4.12. The number of nitrogens with one attached hydrogen (secondary N) is 1. The summed E-state index contributed by atoms with van der Waals surface area (Å²) in [5, 5.41) is 3.71. The first-order valence-corrected chi connectivity index (χ1v) is 8.50. The number of ether oxygens (including phenoxy) is 1.